The quantitative estimate of drug-likeness (QED) is 0.863. The molecule has 1 atom stereocenters. The highest BCUT2D eigenvalue weighted by molar-refractivity contribution is 5.76. The fourth-order valence-electron chi connectivity index (χ4n) is 2.74. The first-order chi connectivity index (χ1) is 10.2. The average molecular weight is 289 g/mol. The van der Waals surface area contributed by atoms with Crippen LogP contribution in [-0.4, -0.2) is 34.0 Å². The van der Waals surface area contributed by atoms with Crippen LogP contribution in [0.5, 0.6) is 0 Å². The number of amides is 1. The highest BCUT2D eigenvalue weighted by atomic mass is 16.5. The van der Waals surface area contributed by atoms with Gasteiger partial charge in [0.15, 0.2) is 5.82 Å². The topological polar surface area (TPSA) is 72.4 Å². The first-order valence-electron chi connectivity index (χ1n) is 7.33. The van der Waals surface area contributed by atoms with E-state index >= 15 is 0 Å². The van der Waals surface area contributed by atoms with Gasteiger partial charge in [0.25, 0.3) is 0 Å². The summed E-state index contributed by atoms with van der Waals surface area (Å²) in [6, 6.07) is 3.74. The summed E-state index contributed by atoms with van der Waals surface area (Å²) in [5, 5.41) is 3.98. The Morgan fingerprint density at radius 2 is 2.43 bits per heavy atom. The molecule has 112 valence electrons. The molecule has 2 aromatic rings. The van der Waals surface area contributed by atoms with E-state index < -0.39 is 0 Å². The third-order valence-corrected chi connectivity index (χ3v) is 3.85. The van der Waals surface area contributed by atoms with Crippen molar-refractivity contribution in [3.05, 3.63) is 35.9 Å². The van der Waals surface area contributed by atoms with E-state index in [-0.39, 0.29) is 11.8 Å². The van der Waals surface area contributed by atoms with Gasteiger partial charge in [-0.3, -0.25) is 4.79 Å². The van der Waals surface area contributed by atoms with Crippen LogP contribution in [0.15, 0.2) is 27.3 Å². The Balaban J connectivity index is 1.56. The second-order valence-corrected chi connectivity index (χ2v) is 5.43. The molecule has 0 unspecified atom stereocenters. The third-order valence-electron chi connectivity index (χ3n) is 3.85. The van der Waals surface area contributed by atoms with E-state index in [0.29, 0.717) is 25.3 Å². The number of carbonyl (C=O) groups is 1. The zero-order chi connectivity index (χ0) is 14.7. The molecule has 1 aliphatic rings. The normalized spacial score (nSPS) is 18.9. The summed E-state index contributed by atoms with van der Waals surface area (Å²) in [4.78, 5) is 18.5. The van der Waals surface area contributed by atoms with Crippen molar-refractivity contribution in [2.75, 3.05) is 13.1 Å². The van der Waals surface area contributed by atoms with Crippen LogP contribution in [0.3, 0.4) is 0 Å². The van der Waals surface area contributed by atoms with Crippen LogP contribution in [0.2, 0.25) is 0 Å². The molecule has 0 bridgehead atoms. The molecule has 1 fully saturated rings. The van der Waals surface area contributed by atoms with Gasteiger partial charge in [-0.2, -0.15) is 4.98 Å². The van der Waals surface area contributed by atoms with E-state index in [2.05, 4.69) is 10.1 Å². The van der Waals surface area contributed by atoms with Gasteiger partial charge < -0.3 is 13.8 Å². The molecule has 3 heterocycles. The maximum Gasteiger partial charge on any atom is 0.223 e. The Morgan fingerprint density at radius 3 is 3.14 bits per heavy atom. The van der Waals surface area contributed by atoms with Gasteiger partial charge in [0, 0.05) is 38.8 Å². The lowest BCUT2D eigenvalue weighted by Crippen LogP contribution is -2.39. The molecule has 6 nitrogen and oxygen atoms in total. The fraction of sp³-hybridized carbons (Fsp3) is 0.533. The lowest BCUT2D eigenvalue weighted by molar-refractivity contribution is -0.132. The summed E-state index contributed by atoms with van der Waals surface area (Å²) in [7, 11) is 0. The molecule has 0 saturated carbocycles. The van der Waals surface area contributed by atoms with Gasteiger partial charge in [-0.05, 0) is 25.0 Å². The number of aryl methyl sites for hydroxylation is 2. The van der Waals surface area contributed by atoms with Gasteiger partial charge in [0.1, 0.15) is 5.76 Å². The number of hydrogen-bond acceptors (Lipinski definition) is 5. The first kappa shape index (κ1) is 13.9. The molecule has 0 N–H and O–H groups in total. The number of piperidine rings is 1. The smallest absolute Gasteiger partial charge is 0.223 e. The van der Waals surface area contributed by atoms with Crippen LogP contribution < -0.4 is 0 Å². The van der Waals surface area contributed by atoms with E-state index in [1.165, 1.54) is 0 Å². The van der Waals surface area contributed by atoms with Crippen molar-refractivity contribution in [2.24, 2.45) is 0 Å². The van der Waals surface area contributed by atoms with Crippen molar-refractivity contribution >= 4 is 5.91 Å². The predicted molar refractivity (Wildman–Crippen MR) is 74.6 cm³/mol. The zero-order valence-electron chi connectivity index (χ0n) is 12.1. The van der Waals surface area contributed by atoms with Crippen molar-refractivity contribution in [2.45, 2.75) is 38.5 Å². The van der Waals surface area contributed by atoms with Crippen LogP contribution in [0.25, 0.3) is 0 Å². The van der Waals surface area contributed by atoms with E-state index in [4.69, 9.17) is 8.94 Å². The monoisotopic (exact) mass is 289 g/mol. The Hall–Kier alpha value is -2.11. The maximum atomic E-state index is 12.3. The summed E-state index contributed by atoms with van der Waals surface area (Å²) >= 11 is 0. The van der Waals surface area contributed by atoms with Gasteiger partial charge in [-0.1, -0.05) is 5.16 Å². The summed E-state index contributed by atoms with van der Waals surface area (Å²) in [6.07, 6.45) is 4.74. The summed E-state index contributed by atoms with van der Waals surface area (Å²) in [6.45, 7) is 3.27. The number of hydrogen-bond donors (Lipinski definition) is 0. The van der Waals surface area contributed by atoms with Crippen LogP contribution in [0.4, 0.5) is 0 Å². The fourth-order valence-corrected chi connectivity index (χ4v) is 2.74. The number of aromatic nitrogens is 2. The van der Waals surface area contributed by atoms with Crippen molar-refractivity contribution in [3.8, 4) is 0 Å². The maximum absolute atomic E-state index is 12.3. The number of carbonyl (C=O) groups excluding carboxylic acids is 1. The van der Waals surface area contributed by atoms with Crippen LogP contribution in [0, 0.1) is 6.92 Å². The van der Waals surface area contributed by atoms with Gasteiger partial charge in [-0.25, -0.2) is 0 Å². The molecule has 1 amide bonds. The minimum absolute atomic E-state index is 0.163. The third kappa shape index (κ3) is 3.32. The van der Waals surface area contributed by atoms with E-state index in [9.17, 15) is 4.79 Å². The molecule has 0 radical (unpaired) electrons. The zero-order valence-corrected chi connectivity index (χ0v) is 12.1. The number of furan rings is 1. The van der Waals surface area contributed by atoms with Gasteiger partial charge in [0.2, 0.25) is 11.8 Å². The van der Waals surface area contributed by atoms with Crippen molar-refractivity contribution in [1.82, 2.24) is 15.0 Å². The second-order valence-electron chi connectivity index (χ2n) is 5.43. The Morgan fingerprint density at radius 1 is 1.52 bits per heavy atom. The summed E-state index contributed by atoms with van der Waals surface area (Å²) in [5.41, 5.74) is 0. The van der Waals surface area contributed by atoms with E-state index in [1.807, 2.05) is 17.0 Å². The molecule has 2 aromatic heterocycles. The molecular weight excluding hydrogens is 270 g/mol. The van der Waals surface area contributed by atoms with Gasteiger partial charge >= 0.3 is 0 Å². The predicted octanol–water partition coefficient (Wildman–Crippen LogP) is 2.31. The number of rotatable bonds is 4. The van der Waals surface area contributed by atoms with Crippen molar-refractivity contribution in [3.63, 3.8) is 0 Å². The van der Waals surface area contributed by atoms with Crippen molar-refractivity contribution in [1.29, 1.82) is 0 Å². The highest BCUT2D eigenvalue weighted by Crippen LogP contribution is 2.25. The lowest BCUT2D eigenvalue weighted by atomic mass is 9.97. The molecular formula is C15H19N3O3. The largest absolute Gasteiger partial charge is 0.469 e. The molecule has 0 spiro atoms. The summed E-state index contributed by atoms with van der Waals surface area (Å²) in [5.74, 6) is 2.49. The molecule has 1 aliphatic heterocycles. The van der Waals surface area contributed by atoms with E-state index in [0.717, 1.165) is 31.0 Å². The SMILES string of the molecule is Cc1nc([C@H]2CCCN(C(=O)CCc3ccco3)C2)no1. The van der Waals surface area contributed by atoms with Crippen LogP contribution in [-0.2, 0) is 11.2 Å². The van der Waals surface area contributed by atoms with Crippen LogP contribution >= 0.6 is 0 Å². The minimum atomic E-state index is 0.163. The standard InChI is InChI=1S/C15H19N3O3/c1-11-16-15(17-21-11)12-4-2-8-18(10-12)14(19)7-6-13-5-3-9-20-13/h3,5,9,12H,2,4,6-8,10H2,1H3/t12-/m0/s1. The van der Waals surface area contributed by atoms with E-state index in [1.54, 1.807) is 13.2 Å². The minimum Gasteiger partial charge on any atom is -0.469 e. The summed E-state index contributed by atoms with van der Waals surface area (Å²) < 4.78 is 10.3. The molecule has 3 rings (SSSR count). The first-order valence-corrected chi connectivity index (χ1v) is 7.33. The Bertz CT molecular complexity index is 591. The van der Waals surface area contributed by atoms with Crippen LogP contribution in [0.1, 0.15) is 42.7 Å². The van der Waals surface area contributed by atoms with Gasteiger partial charge in [-0.15, -0.1) is 0 Å². The lowest BCUT2D eigenvalue weighted by Gasteiger charge is -2.31. The van der Waals surface area contributed by atoms with Crippen molar-refractivity contribution < 1.29 is 13.7 Å². The van der Waals surface area contributed by atoms with Gasteiger partial charge in [0.05, 0.1) is 6.26 Å². The molecule has 0 aromatic carbocycles. The second kappa shape index (κ2) is 6.11. The Labute approximate surface area is 123 Å². The highest BCUT2D eigenvalue weighted by Gasteiger charge is 2.27. The average Bonchev–Trinajstić information content (AvgIpc) is 3.16. The molecule has 21 heavy (non-hydrogen) atoms. The Kier molecular flexibility index (Phi) is 4.03. The molecule has 0 aliphatic carbocycles. The molecule has 1 saturated heterocycles. The molecule has 6 heteroatoms. The number of likely N-dealkylation sites (tertiary alicyclic amines) is 1. The number of nitrogens with zero attached hydrogens (tertiary/aromatic N) is 3.